The maximum atomic E-state index is 13.1. The third kappa shape index (κ3) is 4.55. The molecular formula is C11H19F2NO3. The first-order valence-electron chi connectivity index (χ1n) is 5.74. The van der Waals surface area contributed by atoms with E-state index in [-0.39, 0.29) is 13.0 Å². The van der Waals surface area contributed by atoms with Gasteiger partial charge >= 0.3 is 0 Å². The van der Waals surface area contributed by atoms with Gasteiger partial charge in [-0.2, -0.15) is 0 Å². The molecule has 0 radical (unpaired) electrons. The van der Waals surface area contributed by atoms with Crippen molar-refractivity contribution in [3.05, 3.63) is 0 Å². The lowest BCUT2D eigenvalue weighted by molar-refractivity contribution is -0.133. The van der Waals surface area contributed by atoms with E-state index in [1.54, 1.807) is 0 Å². The quantitative estimate of drug-likeness (QED) is 0.688. The van der Waals surface area contributed by atoms with Crippen molar-refractivity contribution in [1.82, 2.24) is 5.32 Å². The summed E-state index contributed by atoms with van der Waals surface area (Å²) in [6.07, 6.45) is 0.190. The van der Waals surface area contributed by atoms with E-state index in [0.29, 0.717) is 12.8 Å². The predicted molar refractivity (Wildman–Crippen MR) is 57.6 cm³/mol. The second-order valence-corrected chi connectivity index (χ2v) is 5.02. The summed E-state index contributed by atoms with van der Waals surface area (Å²) in [4.78, 5) is 11.6. The molecular weight excluding hydrogens is 232 g/mol. The van der Waals surface area contributed by atoms with Crippen LogP contribution in [0.25, 0.3) is 0 Å². The van der Waals surface area contributed by atoms with Crippen molar-refractivity contribution in [2.45, 2.75) is 44.1 Å². The molecule has 1 saturated carbocycles. The zero-order chi connectivity index (χ0) is 13.1. The Bertz CT molecular complexity index is 282. The van der Waals surface area contributed by atoms with Crippen LogP contribution >= 0.6 is 0 Å². The number of rotatable bonds is 4. The summed E-state index contributed by atoms with van der Waals surface area (Å²) < 4.78 is 26.2. The zero-order valence-electron chi connectivity index (χ0n) is 9.88. The van der Waals surface area contributed by atoms with E-state index in [1.807, 2.05) is 0 Å². The first-order chi connectivity index (χ1) is 7.76. The average Bonchev–Trinajstić information content (AvgIpc) is 2.24. The van der Waals surface area contributed by atoms with Gasteiger partial charge in [0.25, 0.3) is 0 Å². The largest absolute Gasteiger partial charge is 0.393 e. The Hall–Kier alpha value is -0.750. The highest BCUT2D eigenvalue weighted by Gasteiger charge is 2.39. The third-order valence-electron chi connectivity index (χ3n) is 3.00. The second-order valence-electron chi connectivity index (χ2n) is 5.02. The summed E-state index contributed by atoms with van der Waals surface area (Å²) in [6, 6.07) is 0. The van der Waals surface area contributed by atoms with Crippen LogP contribution in [0.1, 0.15) is 32.6 Å². The van der Waals surface area contributed by atoms with Gasteiger partial charge in [0.15, 0.2) is 0 Å². The van der Waals surface area contributed by atoms with Crippen molar-refractivity contribution in [2.75, 3.05) is 13.2 Å². The number of hydrogen-bond donors (Lipinski definition) is 3. The Balaban J connectivity index is 2.43. The summed E-state index contributed by atoms with van der Waals surface area (Å²) in [5, 5.41) is 20.6. The normalized spacial score (nSPS) is 27.2. The Morgan fingerprint density at radius 3 is 2.76 bits per heavy atom. The first-order valence-corrected chi connectivity index (χ1v) is 5.74. The summed E-state index contributed by atoms with van der Waals surface area (Å²) in [5.74, 6) is -3.94. The Labute approximate surface area is 99.0 Å². The molecule has 6 heteroatoms. The number of halogens is 2. The van der Waals surface area contributed by atoms with Crippen molar-refractivity contribution in [3.8, 4) is 0 Å². The fourth-order valence-electron chi connectivity index (χ4n) is 1.87. The number of nitrogens with one attached hydrogen (secondary N) is 1. The molecule has 4 nitrogen and oxygen atoms in total. The van der Waals surface area contributed by atoms with Crippen LogP contribution in [0.2, 0.25) is 0 Å². The van der Waals surface area contributed by atoms with Crippen LogP contribution < -0.4 is 5.32 Å². The topological polar surface area (TPSA) is 69.6 Å². The molecule has 17 heavy (non-hydrogen) atoms. The van der Waals surface area contributed by atoms with Gasteiger partial charge in [-0.1, -0.05) is 0 Å². The molecule has 2 unspecified atom stereocenters. The zero-order valence-corrected chi connectivity index (χ0v) is 9.88. The maximum absolute atomic E-state index is 13.1. The van der Waals surface area contributed by atoms with Gasteiger partial charge < -0.3 is 15.5 Å². The molecule has 100 valence electrons. The molecule has 1 aliphatic rings. The van der Waals surface area contributed by atoms with Crippen molar-refractivity contribution in [1.29, 1.82) is 0 Å². The van der Waals surface area contributed by atoms with E-state index in [1.165, 1.54) is 6.92 Å². The molecule has 0 aliphatic heterocycles. The van der Waals surface area contributed by atoms with Crippen molar-refractivity contribution < 1.29 is 23.8 Å². The molecule has 0 aromatic rings. The van der Waals surface area contributed by atoms with Crippen molar-refractivity contribution >= 4 is 5.91 Å². The molecule has 3 N–H and O–H groups in total. The lowest BCUT2D eigenvalue weighted by atomic mass is 9.86. The Morgan fingerprint density at radius 2 is 2.24 bits per heavy atom. The standard InChI is InChI=1S/C11H19F2NO3/c1-10(17,7-15)6-14-9(16)8-3-2-4-11(12,13)5-8/h8,15,17H,2-7H2,1H3,(H,14,16). The van der Waals surface area contributed by atoms with E-state index in [4.69, 9.17) is 5.11 Å². The van der Waals surface area contributed by atoms with Gasteiger partial charge in [-0.3, -0.25) is 4.79 Å². The monoisotopic (exact) mass is 251 g/mol. The van der Waals surface area contributed by atoms with Crippen LogP contribution in [-0.4, -0.2) is 40.8 Å². The Kier molecular flexibility index (Phi) is 4.43. The molecule has 0 spiro atoms. The molecule has 0 bridgehead atoms. The fourth-order valence-corrected chi connectivity index (χ4v) is 1.87. The highest BCUT2D eigenvalue weighted by molar-refractivity contribution is 5.78. The maximum Gasteiger partial charge on any atom is 0.248 e. The molecule has 1 rings (SSSR count). The van der Waals surface area contributed by atoms with Crippen LogP contribution in [0.4, 0.5) is 8.78 Å². The van der Waals surface area contributed by atoms with Crippen molar-refractivity contribution in [3.63, 3.8) is 0 Å². The summed E-state index contributed by atoms with van der Waals surface area (Å²) in [5.41, 5.74) is -1.41. The Morgan fingerprint density at radius 1 is 1.59 bits per heavy atom. The lowest BCUT2D eigenvalue weighted by Gasteiger charge is -2.29. The van der Waals surface area contributed by atoms with E-state index < -0.39 is 36.4 Å². The number of aliphatic hydroxyl groups is 2. The van der Waals surface area contributed by atoms with Crippen LogP contribution in [0.3, 0.4) is 0 Å². The van der Waals surface area contributed by atoms with Gasteiger partial charge in [0.1, 0.15) is 5.60 Å². The van der Waals surface area contributed by atoms with E-state index >= 15 is 0 Å². The molecule has 0 saturated heterocycles. The highest BCUT2D eigenvalue weighted by Crippen LogP contribution is 2.36. The number of carbonyl (C=O) groups excluding carboxylic acids is 1. The van der Waals surface area contributed by atoms with Gasteiger partial charge in [-0.25, -0.2) is 8.78 Å². The molecule has 2 atom stereocenters. The summed E-state index contributed by atoms with van der Waals surface area (Å²) in [7, 11) is 0. The minimum absolute atomic E-state index is 0.135. The first kappa shape index (κ1) is 14.3. The molecule has 0 aromatic carbocycles. The molecule has 1 aliphatic carbocycles. The predicted octanol–water partition coefficient (Wildman–Crippen LogP) is 0.671. The molecule has 0 aromatic heterocycles. The van der Waals surface area contributed by atoms with E-state index in [2.05, 4.69) is 5.32 Å². The second kappa shape index (κ2) is 5.27. The highest BCUT2D eigenvalue weighted by atomic mass is 19.3. The summed E-state index contributed by atoms with van der Waals surface area (Å²) >= 11 is 0. The SMILES string of the molecule is CC(O)(CO)CNC(=O)C1CCCC(F)(F)C1. The van der Waals surface area contributed by atoms with Crippen LogP contribution in [-0.2, 0) is 4.79 Å². The van der Waals surface area contributed by atoms with Crippen LogP contribution in [0, 0.1) is 5.92 Å². The minimum Gasteiger partial charge on any atom is -0.393 e. The molecule has 0 heterocycles. The molecule has 1 amide bonds. The van der Waals surface area contributed by atoms with Crippen LogP contribution in [0.15, 0.2) is 0 Å². The lowest BCUT2D eigenvalue weighted by Crippen LogP contribution is -2.46. The summed E-state index contributed by atoms with van der Waals surface area (Å²) in [6.45, 7) is 0.737. The van der Waals surface area contributed by atoms with Gasteiger partial charge in [-0.15, -0.1) is 0 Å². The number of amides is 1. The van der Waals surface area contributed by atoms with Gasteiger partial charge in [0.2, 0.25) is 11.8 Å². The smallest absolute Gasteiger partial charge is 0.248 e. The number of hydrogen-bond acceptors (Lipinski definition) is 3. The minimum atomic E-state index is -2.76. The van der Waals surface area contributed by atoms with Crippen molar-refractivity contribution in [2.24, 2.45) is 5.92 Å². The van der Waals surface area contributed by atoms with Gasteiger partial charge in [-0.05, 0) is 19.8 Å². The fraction of sp³-hybridized carbons (Fsp3) is 0.909. The van der Waals surface area contributed by atoms with E-state index in [0.717, 1.165) is 0 Å². The number of aliphatic hydroxyl groups excluding tert-OH is 1. The third-order valence-corrected chi connectivity index (χ3v) is 3.00. The average molecular weight is 251 g/mol. The van der Waals surface area contributed by atoms with E-state index in [9.17, 15) is 18.7 Å². The van der Waals surface area contributed by atoms with Gasteiger partial charge in [0.05, 0.1) is 6.61 Å². The molecule has 1 fully saturated rings. The van der Waals surface area contributed by atoms with Gasteiger partial charge in [0, 0.05) is 25.3 Å². The number of carbonyl (C=O) groups is 1. The van der Waals surface area contributed by atoms with Crippen LogP contribution in [0.5, 0.6) is 0 Å². The number of alkyl halides is 2.